The number of nitrogens with one attached hydrogen (secondary N) is 1. The second kappa shape index (κ2) is 6.71. The number of nitrogens with two attached hydrogens (primary N) is 1. The molecule has 0 heterocycles. The molecule has 3 nitrogen and oxygen atoms in total. The Bertz CT molecular complexity index is 530. The first-order valence-electron chi connectivity index (χ1n) is 6.43. The van der Waals surface area contributed by atoms with Crippen molar-refractivity contribution in [3.8, 4) is 0 Å². The van der Waals surface area contributed by atoms with Crippen LogP contribution in [-0.2, 0) is 6.42 Å². The van der Waals surface area contributed by atoms with Crippen LogP contribution < -0.4 is 11.3 Å². The van der Waals surface area contributed by atoms with Crippen LogP contribution in [0.5, 0.6) is 0 Å². The van der Waals surface area contributed by atoms with Gasteiger partial charge in [-0.2, -0.15) is 0 Å². The van der Waals surface area contributed by atoms with E-state index in [4.69, 9.17) is 5.84 Å². The number of benzene rings is 2. The first-order valence-corrected chi connectivity index (χ1v) is 6.43. The molecule has 0 radical (unpaired) electrons. The molecule has 2 aromatic rings. The maximum absolute atomic E-state index is 5.53. The Morgan fingerprint density at radius 2 is 1.74 bits per heavy atom. The van der Waals surface area contributed by atoms with E-state index in [1.807, 2.05) is 30.3 Å². The minimum absolute atomic E-state index is 0.798. The number of nitrogens with zero attached hydrogens (tertiary/aromatic N) is 1. The second-order valence-corrected chi connectivity index (χ2v) is 4.52. The standard InChI is InChI=1S/C16H19N3/c1-13-7-9-14(10-8-13)11-12-16(19-17)18-15-5-3-2-4-6-15/h2-10H,11-12,17H2,1H3,(H,18,19). The molecule has 2 rings (SSSR count). The van der Waals surface area contributed by atoms with E-state index in [9.17, 15) is 0 Å². The molecule has 3 N–H and O–H groups in total. The lowest BCUT2D eigenvalue weighted by Gasteiger charge is -2.06. The highest BCUT2D eigenvalue weighted by Gasteiger charge is 1.99. The van der Waals surface area contributed by atoms with Crippen LogP contribution in [0, 0.1) is 6.92 Å². The summed E-state index contributed by atoms with van der Waals surface area (Å²) in [5.74, 6) is 6.33. The SMILES string of the molecule is Cc1ccc(CCC(=Nc2ccccc2)NN)cc1. The average Bonchev–Trinajstić information content (AvgIpc) is 2.46. The molecule has 0 bridgehead atoms. The Morgan fingerprint density at radius 1 is 1.05 bits per heavy atom. The van der Waals surface area contributed by atoms with E-state index in [1.54, 1.807) is 0 Å². The van der Waals surface area contributed by atoms with E-state index in [-0.39, 0.29) is 0 Å². The van der Waals surface area contributed by atoms with Crippen LogP contribution >= 0.6 is 0 Å². The van der Waals surface area contributed by atoms with Crippen molar-refractivity contribution in [1.29, 1.82) is 0 Å². The van der Waals surface area contributed by atoms with Gasteiger partial charge >= 0.3 is 0 Å². The lowest BCUT2D eigenvalue weighted by molar-refractivity contribution is 0.927. The zero-order chi connectivity index (χ0) is 13.5. The lowest BCUT2D eigenvalue weighted by Crippen LogP contribution is -2.30. The summed E-state index contributed by atoms with van der Waals surface area (Å²) in [5, 5.41) is 0. The van der Waals surface area contributed by atoms with Gasteiger partial charge in [0.1, 0.15) is 5.84 Å². The van der Waals surface area contributed by atoms with Crippen LogP contribution in [0.4, 0.5) is 5.69 Å². The van der Waals surface area contributed by atoms with Crippen molar-refractivity contribution in [2.75, 3.05) is 0 Å². The Labute approximate surface area is 114 Å². The summed E-state index contributed by atoms with van der Waals surface area (Å²) in [5.41, 5.74) is 6.17. The van der Waals surface area contributed by atoms with E-state index in [1.165, 1.54) is 11.1 Å². The zero-order valence-corrected chi connectivity index (χ0v) is 11.1. The Hall–Kier alpha value is -2.13. The molecule has 0 unspecified atom stereocenters. The van der Waals surface area contributed by atoms with Crippen LogP contribution in [0.15, 0.2) is 59.6 Å². The molecular formula is C16H19N3. The smallest absolute Gasteiger partial charge is 0.116 e. The van der Waals surface area contributed by atoms with E-state index in [0.717, 1.165) is 24.4 Å². The predicted molar refractivity (Wildman–Crippen MR) is 80.4 cm³/mol. The molecule has 0 spiro atoms. The summed E-state index contributed by atoms with van der Waals surface area (Å²) < 4.78 is 0. The molecule has 2 aromatic carbocycles. The molecule has 0 aromatic heterocycles. The molecule has 0 aliphatic rings. The highest BCUT2D eigenvalue weighted by atomic mass is 15.2. The van der Waals surface area contributed by atoms with Crippen molar-refractivity contribution in [2.45, 2.75) is 19.8 Å². The molecule has 3 heteroatoms. The normalized spacial score (nSPS) is 11.4. The highest BCUT2D eigenvalue weighted by molar-refractivity contribution is 5.84. The Balaban J connectivity index is 2.00. The first kappa shape index (κ1) is 13.3. The van der Waals surface area contributed by atoms with Crippen LogP contribution in [0.2, 0.25) is 0 Å². The Kier molecular flexibility index (Phi) is 4.70. The molecule has 0 fully saturated rings. The van der Waals surface area contributed by atoms with Gasteiger partial charge in [-0.15, -0.1) is 0 Å². The van der Waals surface area contributed by atoms with Gasteiger partial charge in [0.15, 0.2) is 0 Å². The third-order valence-corrected chi connectivity index (χ3v) is 2.96. The van der Waals surface area contributed by atoms with Crippen LogP contribution in [0.3, 0.4) is 0 Å². The summed E-state index contributed by atoms with van der Waals surface area (Å²) in [6.45, 7) is 2.09. The quantitative estimate of drug-likeness (QED) is 0.381. The van der Waals surface area contributed by atoms with Crippen LogP contribution in [0.25, 0.3) is 0 Å². The van der Waals surface area contributed by atoms with Crippen molar-refractivity contribution in [3.63, 3.8) is 0 Å². The summed E-state index contributed by atoms with van der Waals surface area (Å²) in [6.07, 6.45) is 1.73. The molecule has 0 aliphatic heterocycles. The van der Waals surface area contributed by atoms with Gasteiger partial charge in [-0.05, 0) is 31.0 Å². The highest BCUT2D eigenvalue weighted by Crippen LogP contribution is 2.11. The van der Waals surface area contributed by atoms with Gasteiger partial charge in [-0.1, -0.05) is 48.0 Å². The topological polar surface area (TPSA) is 50.4 Å². The lowest BCUT2D eigenvalue weighted by atomic mass is 10.1. The number of hydrogen-bond donors (Lipinski definition) is 2. The van der Waals surface area contributed by atoms with E-state index in [2.05, 4.69) is 41.6 Å². The number of aliphatic imine (C=N–C) groups is 1. The number of rotatable bonds is 4. The number of para-hydroxylation sites is 1. The second-order valence-electron chi connectivity index (χ2n) is 4.52. The maximum atomic E-state index is 5.53. The van der Waals surface area contributed by atoms with E-state index in [0.29, 0.717) is 0 Å². The van der Waals surface area contributed by atoms with Gasteiger partial charge in [-0.3, -0.25) is 0 Å². The third-order valence-electron chi connectivity index (χ3n) is 2.96. The van der Waals surface area contributed by atoms with Gasteiger partial charge in [-0.25, -0.2) is 10.8 Å². The van der Waals surface area contributed by atoms with Crippen molar-refractivity contribution in [2.24, 2.45) is 10.8 Å². The largest absolute Gasteiger partial charge is 0.312 e. The molecule has 19 heavy (non-hydrogen) atoms. The van der Waals surface area contributed by atoms with Gasteiger partial charge in [0.25, 0.3) is 0 Å². The van der Waals surface area contributed by atoms with Crippen molar-refractivity contribution in [3.05, 3.63) is 65.7 Å². The summed E-state index contributed by atoms with van der Waals surface area (Å²) >= 11 is 0. The fourth-order valence-electron chi connectivity index (χ4n) is 1.84. The monoisotopic (exact) mass is 253 g/mol. The van der Waals surface area contributed by atoms with Crippen LogP contribution in [-0.4, -0.2) is 5.84 Å². The number of hydrazine groups is 1. The number of amidine groups is 1. The van der Waals surface area contributed by atoms with Crippen molar-refractivity contribution in [1.82, 2.24) is 5.43 Å². The molecule has 0 amide bonds. The van der Waals surface area contributed by atoms with Crippen molar-refractivity contribution >= 4 is 11.5 Å². The molecule has 0 saturated heterocycles. The average molecular weight is 253 g/mol. The first-order chi connectivity index (χ1) is 9.28. The zero-order valence-electron chi connectivity index (χ0n) is 11.1. The number of hydrogen-bond acceptors (Lipinski definition) is 2. The molecule has 98 valence electrons. The predicted octanol–water partition coefficient (Wildman–Crippen LogP) is 3.12. The third kappa shape index (κ3) is 4.23. The Morgan fingerprint density at radius 3 is 2.37 bits per heavy atom. The fourth-order valence-corrected chi connectivity index (χ4v) is 1.84. The summed E-state index contributed by atoms with van der Waals surface area (Å²) in [4.78, 5) is 4.49. The minimum Gasteiger partial charge on any atom is -0.312 e. The summed E-state index contributed by atoms with van der Waals surface area (Å²) in [7, 11) is 0. The molecule has 0 atom stereocenters. The number of aryl methyl sites for hydroxylation is 2. The summed E-state index contributed by atoms with van der Waals surface area (Å²) in [6, 6.07) is 18.4. The molecule has 0 aliphatic carbocycles. The molecule has 0 saturated carbocycles. The van der Waals surface area contributed by atoms with Gasteiger partial charge in [0.2, 0.25) is 0 Å². The van der Waals surface area contributed by atoms with E-state index < -0.39 is 0 Å². The van der Waals surface area contributed by atoms with Gasteiger partial charge in [0, 0.05) is 6.42 Å². The van der Waals surface area contributed by atoms with Crippen molar-refractivity contribution < 1.29 is 0 Å². The molecular weight excluding hydrogens is 234 g/mol. The minimum atomic E-state index is 0.798. The maximum Gasteiger partial charge on any atom is 0.116 e. The van der Waals surface area contributed by atoms with Crippen LogP contribution in [0.1, 0.15) is 17.5 Å². The van der Waals surface area contributed by atoms with Gasteiger partial charge < -0.3 is 5.43 Å². The fraction of sp³-hybridized carbons (Fsp3) is 0.188. The van der Waals surface area contributed by atoms with Gasteiger partial charge in [0.05, 0.1) is 5.69 Å². The van der Waals surface area contributed by atoms with E-state index >= 15 is 0 Å².